The minimum atomic E-state index is 0.0614. The minimum Gasteiger partial charge on any atom is -0.496 e. The Balaban J connectivity index is 1.39. The van der Waals surface area contributed by atoms with Crippen LogP contribution in [-0.2, 0) is 11.2 Å². The number of furan rings is 1. The molecule has 1 fully saturated rings. The van der Waals surface area contributed by atoms with Crippen LogP contribution in [0.2, 0.25) is 0 Å². The van der Waals surface area contributed by atoms with Crippen molar-refractivity contribution in [1.29, 1.82) is 0 Å². The lowest BCUT2D eigenvalue weighted by Crippen LogP contribution is -2.48. The van der Waals surface area contributed by atoms with Gasteiger partial charge in [-0.1, -0.05) is 30.3 Å². The Morgan fingerprint density at radius 3 is 2.58 bits per heavy atom. The highest BCUT2D eigenvalue weighted by Gasteiger charge is 2.20. The van der Waals surface area contributed by atoms with Gasteiger partial charge in [0.1, 0.15) is 11.3 Å². The number of hydrogen-bond donors (Lipinski definition) is 0. The van der Waals surface area contributed by atoms with E-state index in [-0.39, 0.29) is 5.91 Å². The molecule has 0 N–H and O–H groups in total. The molecule has 0 saturated carbocycles. The van der Waals surface area contributed by atoms with Gasteiger partial charge < -0.3 is 14.1 Å². The third kappa shape index (κ3) is 4.83. The van der Waals surface area contributed by atoms with E-state index in [1.54, 1.807) is 19.4 Å². The molecule has 2 heterocycles. The van der Waals surface area contributed by atoms with Gasteiger partial charge >= 0.3 is 0 Å². The molecule has 1 amide bonds. The Labute approximate surface area is 183 Å². The highest BCUT2D eigenvalue weighted by atomic mass is 16.5. The van der Waals surface area contributed by atoms with Crippen molar-refractivity contribution in [3.63, 3.8) is 0 Å². The first-order chi connectivity index (χ1) is 15.0. The fraction of sp³-hybridized carbons (Fsp3) is 0.346. The van der Waals surface area contributed by atoms with Gasteiger partial charge in [-0.05, 0) is 43.0 Å². The molecule has 5 nitrogen and oxygen atoms in total. The molecule has 0 atom stereocenters. The van der Waals surface area contributed by atoms with E-state index in [4.69, 9.17) is 9.15 Å². The van der Waals surface area contributed by atoms with Gasteiger partial charge in [-0.15, -0.1) is 0 Å². The quantitative estimate of drug-likeness (QED) is 0.552. The molecule has 162 valence electrons. The molecule has 0 radical (unpaired) electrons. The van der Waals surface area contributed by atoms with Crippen LogP contribution in [0.1, 0.15) is 23.6 Å². The maximum absolute atomic E-state index is 12.9. The van der Waals surface area contributed by atoms with E-state index in [1.165, 1.54) is 5.56 Å². The van der Waals surface area contributed by atoms with Crippen molar-refractivity contribution in [3.8, 4) is 5.75 Å². The molecule has 1 aliphatic rings. The molecule has 4 rings (SSSR count). The van der Waals surface area contributed by atoms with Crippen LogP contribution >= 0.6 is 0 Å². The lowest BCUT2D eigenvalue weighted by Gasteiger charge is -2.34. The highest BCUT2D eigenvalue weighted by Crippen LogP contribution is 2.33. The van der Waals surface area contributed by atoms with Crippen molar-refractivity contribution >= 4 is 22.4 Å². The Morgan fingerprint density at radius 1 is 1.13 bits per heavy atom. The standard InChI is InChI=1S/C26H30N2O3/c1-19(22-16-23-20(2)18-31-25(23)17-24(22)30-3)15-26(29)28-13-11-27(12-14-28)10-9-21-7-5-4-6-8-21/h4-8,15-18H,9-14H2,1-3H3/b19-15+. The summed E-state index contributed by atoms with van der Waals surface area (Å²) in [4.78, 5) is 17.3. The first-order valence-electron chi connectivity index (χ1n) is 10.8. The van der Waals surface area contributed by atoms with Gasteiger partial charge in [0.15, 0.2) is 0 Å². The monoisotopic (exact) mass is 418 g/mol. The number of benzene rings is 2. The van der Waals surface area contributed by atoms with Crippen molar-refractivity contribution in [2.45, 2.75) is 20.3 Å². The van der Waals surface area contributed by atoms with E-state index in [0.717, 1.165) is 66.8 Å². The van der Waals surface area contributed by atoms with Crippen molar-refractivity contribution in [2.24, 2.45) is 0 Å². The fourth-order valence-electron chi connectivity index (χ4n) is 4.14. The van der Waals surface area contributed by atoms with Crippen LogP contribution in [0.4, 0.5) is 0 Å². The number of aryl methyl sites for hydroxylation is 1. The lowest BCUT2D eigenvalue weighted by atomic mass is 10.0. The summed E-state index contributed by atoms with van der Waals surface area (Å²) in [6.07, 6.45) is 4.53. The molecule has 1 aliphatic heterocycles. The molecule has 0 aliphatic carbocycles. The van der Waals surface area contributed by atoms with Gasteiger partial charge in [-0.2, -0.15) is 0 Å². The summed E-state index contributed by atoms with van der Waals surface area (Å²) in [5.41, 5.74) is 5.05. The molecule has 31 heavy (non-hydrogen) atoms. The third-order valence-electron chi connectivity index (χ3n) is 6.10. The van der Waals surface area contributed by atoms with Gasteiger partial charge in [-0.25, -0.2) is 0 Å². The average molecular weight is 419 g/mol. The van der Waals surface area contributed by atoms with Gasteiger partial charge in [0.25, 0.3) is 0 Å². The first-order valence-corrected chi connectivity index (χ1v) is 10.8. The number of allylic oxidation sites excluding steroid dienone is 1. The zero-order chi connectivity index (χ0) is 21.8. The van der Waals surface area contributed by atoms with Crippen LogP contribution in [0.3, 0.4) is 0 Å². The summed E-state index contributed by atoms with van der Waals surface area (Å²) in [5.74, 6) is 0.778. The molecule has 0 bridgehead atoms. The topological polar surface area (TPSA) is 45.9 Å². The summed E-state index contributed by atoms with van der Waals surface area (Å²) in [6, 6.07) is 14.5. The van der Waals surface area contributed by atoms with Crippen molar-refractivity contribution in [1.82, 2.24) is 9.80 Å². The zero-order valence-corrected chi connectivity index (χ0v) is 18.6. The molecule has 1 aromatic heterocycles. The Morgan fingerprint density at radius 2 is 1.87 bits per heavy atom. The number of carbonyl (C=O) groups excluding carboxylic acids is 1. The summed E-state index contributed by atoms with van der Waals surface area (Å²) < 4.78 is 11.1. The maximum atomic E-state index is 12.9. The molecule has 3 aromatic rings. The number of hydrogen-bond acceptors (Lipinski definition) is 4. The van der Waals surface area contributed by atoms with Gasteiger partial charge in [-0.3, -0.25) is 9.69 Å². The second-order valence-electron chi connectivity index (χ2n) is 8.20. The van der Waals surface area contributed by atoms with Crippen molar-refractivity contribution in [3.05, 3.63) is 71.5 Å². The van der Waals surface area contributed by atoms with Crippen LogP contribution in [0.25, 0.3) is 16.5 Å². The van der Waals surface area contributed by atoms with Crippen LogP contribution in [0, 0.1) is 6.92 Å². The normalized spacial score (nSPS) is 15.5. The van der Waals surface area contributed by atoms with Gasteiger partial charge in [0, 0.05) is 55.8 Å². The summed E-state index contributed by atoms with van der Waals surface area (Å²) in [7, 11) is 1.64. The number of rotatable bonds is 6. The Bertz CT molecular complexity index is 1080. The predicted molar refractivity (Wildman–Crippen MR) is 124 cm³/mol. The minimum absolute atomic E-state index is 0.0614. The fourth-order valence-corrected chi connectivity index (χ4v) is 4.14. The molecule has 0 spiro atoms. The number of carbonyl (C=O) groups is 1. The Hall–Kier alpha value is -3.05. The molecule has 5 heteroatoms. The number of fused-ring (bicyclic) bond motifs is 1. The number of piperazine rings is 1. The second-order valence-corrected chi connectivity index (χ2v) is 8.20. The molecule has 1 saturated heterocycles. The zero-order valence-electron chi connectivity index (χ0n) is 18.6. The second kappa shape index (κ2) is 9.40. The largest absolute Gasteiger partial charge is 0.496 e. The molecule has 0 unspecified atom stereocenters. The van der Waals surface area contributed by atoms with Crippen molar-refractivity contribution in [2.75, 3.05) is 39.8 Å². The smallest absolute Gasteiger partial charge is 0.246 e. The SMILES string of the molecule is COc1cc2occ(C)c2cc1/C(C)=C/C(=O)N1CCN(CCc2ccccc2)CC1. The van der Waals surface area contributed by atoms with E-state index in [2.05, 4.69) is 29.2 Å². The predicted octanol–water partition coefficient (Wildman–Crippen LogP) is 4.54. The summed E-state index contributed by atoms with van der Waals surface area (Å²) in [6.45, 7) is 8.35. The van der Waals surface area contributed by atoms with E-state index in [1.807, 2.05) is 36.9 Å². The number of nitrogens with zero attached hydrogens (tertiary/aromatic N) is 2. The van der Waals surface area contributed by atoms with Gasteiger partial charge in [0.2, 0.25) is 5.91 Å². The molecular formula is C26H30N2O3. The van der Waals surface area contributed by atoms with E-state index < -0.39 is 0 Å². The maximum Gasteiger partial charge on any atom is 0.246 e. The van der Waals surface area contributed by atoms with E-state index in [0.29, 0.717) is 5.75 Å². The third-order valence-corrected chi connectivity index (χ3v) is 6.10. The average Bonchev–Trinajstić information content (AvgIpc) is 3.17. The molecular weight excluding hydrogens is 388 g/mol. The van der Waals surface area contributed by atoms with Crippen molar-refractivity contribution < 1.29 is 13.9 Å². The van der Waals surface area contributed by atoms with E-state index >= 15 is 0 Å². The van der Waals surface area contributed by atoms with Crippen LogP contribution < -0.4 is 4.74 Å². The number of ether oxygens (including phenoxy) is 1. The number of amides is 1. The van der Waals surface area contributed by atoms with Gasteiger partial charge in [0.05, 0.1) is 13.4 Å². The summed E-state index contributed by atoms with van der Waals surface area (Å²) >= 11 is 0. The van der Waals surface area contributed by atoms with Crippen LogP contribution in [-0.4, -0.2) is 55.5 Å². The summed E-state index contributed by atoms with van der Waals surface area (Å²) in [5, 5.41) is 1.04. The number of methoxy groups -OCH3 is 1. The van der Waals surface area contributed by atoms with Crippen LogP contribution in [0.5, 0.6) is 5.75 Å². The highest BCUT2D eigenvalue weighted by molar-refractivity contribution is 5.97. The first kappa shape index (κ1) is 21.2. The van der Waals surface area contributed by atoms with E-state index in [9.17, 15) is 4.79 Å². The molecule has 2 aromatic carbocycles. The Kier molecular flexibility index (Phi) is 6.42. The lowest BCUT2D eigenvalue weighted by molar-refractivity contribution is -0.127. The van der Waals surface area contributed by atoms with Crippen LogP contribution in [0.15, 0.2) is 59.2 Å².